The molecule has 0 aromatic rings. The first-order valence-corrected chi connectivity index (χ1v) is 10.8. The molecule has 2 bridgehead atoms. The van der Waals surface area contributed by atoms with Gasteiger partial charge >= 0.3 is 0 Å². The van der Waals surface area contributed by atoms with Gasteiger partial charge in [-0.2, -0.15) is 0 Å². The van der Waals surface area contributed by atoms with Crippen LogP contribution in [0.15, 0.2) is 12.2 Å². The highest BCUT2D eigenvalue weighted by atomic mass is 14.6. The van der Waals surface area contributed by atoms with Crippen LogP contribution in [0.2, 0.25) is 0 Å². The number of fused-ring (bicyclic) bond motifs is 5. The minimum Gasteiger partial charge on any atom is -0.0998 e. The van der Waals surface area contributed by atoms with Crippen molar-refractivity contribution in [2.24, 2.45) is 46.3 Å². The molecule has 0 heteroatoms. The van der Waals surface area contributed by atoms with Crippen molar-refractivity contribution in [2.45, 2.75) is 85.5 Å². The van der Waals surface area contributed by atoms with Crippen LogP contribution in [0, 0.1) is 52.8 Å². The summed E-state index contributed by atoms with van der Waals surface area (Å²) in [6.45, 7) is 14.5. The van der Waals surface area contributed by atoms with Crippen LogP contribution in [0.25, 0.3) is 0 Å². The zero-order valence-corrected chi connectivity index (χ0v) is 16.6. The summed E-state index contributed by atoms with van der Waals surface area (Å²) in [6, 6.07) is 0. The van der Waals surface area contributed by atoms with Crippen LogP contribution in [-0.2, 0) is 0 Å². The second-order valence-corrected chi connectivity index (χ2v) is 10.9. The molecule has 0 nitrogen and oxygen atoms in total. The Hall–Kier alpha value is -0.390. The van der Waals surface area contributed by atoms with E-state index in [0.717, 1.165) is 35.5 Å². The Labute approximate surface area is 150 Å². The molecule has 134 valence electrons. The predicted molar refractivity (Wildman–Crippen MR) is 103 cm³/mol. The normalized spacial score (nSPS) is 54.0. The van der Waals surface area contributed by atoms with E-state index in [-0.39, 0.29) is 0 Å². The molecule has 4 aliphatic carbocycles. The van der Waals surface area contributed by atoms with Crippen molar-refractivity contribution in [2.75, 3.05) is 0 Å². The molecule has 0 amide bonds. The van der Waals surface area contributed by atoms with Gasteiger partial charge in [0, 0.05) is 0 Å². The van der Waals surface area contributed by atoms with Crippen LogP contribution in [0.3, 0.4) is 0 Å². The highest BCUT2D eigenvalue weighted by Crippen LogP contribution is 2.63. The molecule has 4 fully saturated rings. The van der Waals surface area contributed by atoms with E-state index in [1.165, 1.54) is 63.4 Å². The number of hydrogen-bond donors (Lipinski definition) is 0. The van der Waals surface area contributed by atoms with Gasteiger partial charge in [-0.15, -0.1) is 0 Å². The quantitative estimate of drug-likeness (QED) is 0.357. The van der Waals surface area contributed by atoms with E-state index in [2.05, 4.69) is 40.7 Å². The first-order valence-electron chi connectivity index (χ1n) is 10.8. The van der Waals surface area contributed by atoms with E-state index in [4.69, 9.17) is 0 Å². The summed E-state index contributed by atoms with van der Waals surface area (Å²) in [4.78, 5) is 0. The molecule has 4 aliphatic rings. The first kappa shape index (κ1) is 17.0. The SMILES string of the molecule is C=C(C)[C@H]1CC[C@@]2(C)CCC3C[C@@H]4[CH+][C@](C)(CC[C@H]3[C@H]12)CC[C@@H]4C. The molecule has 0 N–H and O–H groups in total. The summed E-state index contributed by atoms with van der Waals surface area (Å²) in [6.07, 6.45) is 16.0. The zero-order chi connectivity index (χ0) is 17.1. The Bertz CT molecular complexity index is 504. The molecule has 0 aromatic heterocycles. The molecule has 24 heavy (non-hydrogen) atoms. The van der Waals surface area contributed by atoms with Gasteiger partial charge in [0.1, 0.15) is 11.3 Å². The van der Waals surface area contributed by atoms with Crippen LogP contribution in [-0.4, -0.2) is 0 Å². The molecular formula is C24H39+. The highest BCUT2D eigenvalue weighted by Gasteiger charge is 2.56. The molecule has 8 atom stereocenters. The number of hydrogen-bond acceptors (Lipinski definition) is 0. The summed E-state index contributed by atoms with van der Waals surface area (Å²) in [5, 5.41) is 0. The third-order valence-electron chi connectivity index (χ3n) is 9.19. The smallest absolute Gasteiger partial charge is 0.0998 e. The van der Waals surface area contributed by atoms with Gasteiger partial charge in [0.05, 0.1) is 6.42 Å². The Morgan fingerprint density at radius 3 is 2.46 bits per heavy atom. The van der Waals surface area contributed by atoms with Gasteiger partial charge in [0.25, 0.3) is 0 Å². The lowest BCUT2D eigenvalue weighted by Gasteiger charge is -2.51. The Kier molecular flexibility index (Phi) is 4.13. The van der Waals surface area contributed by atoms with E-state index in [9.17, 15) is 0 Å². The summed E-state index contributed by atoms with van der Waals surface area (Å²) in [5.41, 5.74) is 2.64. The number of rotatable bonds is 1. The van der Waals surface area contributed by atoms with Crippen LogP contribution in [0.4, 0.5) is 0 Å². The maximum Gasteiger partial charge on any atom is 0.105 e. The molecule has 4 rings (SSSR count). The van der Waals surface area contributed by atoms with Crippen molar-refractivity contribution >= 4 is 0 Å². The summed E-state index contributed by atoms with van der Waals surface area (Å²) < 4.78 is 0. The first-order chi connectivity index (χ1) is 11.3. The second kappa shape index (κ2) is 5.82. The fourth-order valence-corrected chi connectivity index (χ4v) is 7.60. The van der Waals surface area contributed by atoms with Crippen LogP contribution in [0.1, 0.15) is 85.5 Å². The fourth-order valence-electron chi connectivity index (χ4n) is 7.60. The Morgan fingerprint density at radius 1 is 1.00 bits per heavy atom. The monoisotopic (exact) mass is 327 g/mol. The van der Waals surface area contributed by atoms with Gasteiger partial charge < -0.3 is 0 Å². The predicted octanol–water partition coefficient (Wildman–Crippen LogP) is 7.06. The van der Waals surface area contributed by atoms with E-state index < -0.39 is 0 Å². The van der Waals surface area contributed by atoms with Crippen LogP contribution in [0.5, 0.6) is 0 Å². The highest BCUT2D eigenvalue weighted by molar-refractivity contribution is 5.13. The van der Waals surface area contributed by atoms with E-state index in [1.807, 2.05) is 0 Å². The summed E-state index contributed by atoms with van der Waals surface area (Å²) >= 11 is 0. The average Bonchev–Trinajstić information content (AvgIpc) is 2.87. The van der Waals surface area contributed by atoms with Gasteiger partial charge in [-0.1, -0.05) is 26.0 Å². The number of allylic oxidation sites excluding steroid dienone is 1. The van der Waals surface area contributed by atoms with Gasteiger partial charge in [-0.25, -0.2) is 0 Å². The largest absolute Gasteiger partial charge is 0.105 e. The molecule has 0 radical (unpaired) electrons. The molecule has 1 unspecified atom stereocenters. The van der Waals surface area contributed by atoms with Crippen molar-refractivity contribution in [1.82, 2.24) is 0 Å². The Morgan fingerprint density at radius 2 is 1.71 bits per heavy atom. The molecule has 0 heterocycles. The van der Waals surface area contributed by atoms with Crippen molar-refractivity contribution < 1.29 is 0 Å². The van der Waals surface area contributed by atoms with Crippen molar-refractivity contribution in [1.29, 1.82) is 0 Å². The van der Waals surface area contributed by atoms with E-state index in [0.29, 0.717) is 10.8 Å². The van der Waals surface area contributed by atoms with Crippen molar-refractivity contribution in [3.05, 3.63) is 18.6 Å². The van der Waals surface area contributed by atoms with Crippen molar-refractivity contribution in [3.63, 3.8) is 0 Å². The minimum absolute atomic E-state index is 0.535. The lowest BCUT2D eigenvalue weighted by molar-refractivity contribution is -0.0157. The Balaban J connectivity index is 1.64. The zero-order valence-electron chi connectivity index (χ0n) is 16.6. The van der Waals surface area contributed by atoms with Crippen molar-refractivity contribution in [3.8, 4) is 0 Å². The standard InChI is InChI=1S/C24H39/c1-16(2)20-9-13-24(5)12-7-18-14-19-15-23(4,10-6-17(19)3)11-8-21(18)22(20)24/h15,17-22H,1,6-14H2,2-5H3/q+1/t17-,18?,19+,20+,21+,22-,23-,24+/m0/s1. The maximum absolute atomic E-state index is 4.42. The molecule has 0 aromatic carbocycles. The third-order valence-corrected chi connectivity index (χ3v) is 9.19. The molecule has 0 saturated heterocycles. The third kappa shape index (κ3) is 2.67. The lowest BCUT2D eigenvalue weighted by atomic mass is 9.51. The molecular weight excluding hydrogens is 288 g/mol. The van der Waals surface area contributed by atoms with Crippen LogP contribution < -0.4 is 0 Å². The molecule has 4 saturated carbocycles. The van der Waals surface area contributed by atoms with Gasteiger partial charge in [0.2, 0.25) is 0 Å². The van der Waals surface area contributed by atoms with Gasteiger partial charge in [-0.3, -0.25) is 0 Å². The van der Waals surface area contributed by atoms with Gasteiger partial charge in [0.15, 0.2) is 0 Å². The van der Waals surface area contributed by atoms with Crippen LogP contribution >= 0.6 is 0 Å². The topological polar surface area (TPSA) is 0 Å². The second-order valence-electron chi connectivity index (χ2n) is 10.9. The summed E-state index contributed by atoms with van der Waals surface area (Å²) in [5.74, 6) is 5.54. The maximum atomic E-state index is 4.42. The average molecular weight is 328 g/mol. The van der Waals surface area contributed by atoms with Gasteiger partial charge in [-0.05, 0) is 107 Å². The summed E-state index contributed by atoms with van der Waals surface area (Å²) in [7, 11) is 0. The lowest BCUT2D eigenvalue weighted by Crippen LogP contribution is -2.45. The van der Waals surface area contributed by atoms with E-state index in [1.54, 1.807) is 0 Å². The fraction of sp³-hybridized carbons (Fsp3) is 0.875. The minimum atomic E-state index is 0.535. The molecule has 0 spiro atoms. The molecule has 0 aliphatic heterocycles. The van der Waals surface area contributed by atoms with E-state index >= 15 is 0 Å².